The van der Waals surface area contributed by atoms with Crippen molar-refractivity contribution in [3.63, 3.8) is 0 Å². The molecule has 2 aromatic heterocycles. The SMILES string of the molecule is O=C(CN1C[C@H]2C[C@@H](n3cccn3)[C@H](O)C[C@H]2C1)Nc1ccc(Cl)cn1. The number of nitrogens with zero attached hydrogens (tertiary/aromatic N) is 4. The number of rotatable bonds is 4. The predicted octanol–water partition coefficient (Wildman–Crippen LogP) is 1.81. The molecule has 1 saturated heterocycles. The summed E-state index contributed by atoms with van der Waals surface area (Å²) in [6.07, 6.45) is 6.43. The zero-order valence-corrected chi connectivity index (χ0v) is 15.1. The van der Waals surface area contributed by atoms with Gasteiger partial charge in [0.05, 0.1) is 23.7 Å². The number of anilines is 1. The summed E-state index contributed by atoms with van der Waals surface area (Å²) in [5, 5.41) is 18.1. The van der Waals surface area contributed by atoms with E-state index in [4.69, 9.17) is 11.6 Å². The van der Waals surface area contributed by atoms with Crippen LogP contribution in [0.5, 0.6) is 0 Å². The van der Waals surface area contributed by atoms with Crippen LogP contribution in [-0.2, 0) is 4.79 Å². The maximum absolute atomic E-state index is 12.3. The van der Waals surface area contributed by atoms with Crippen molar-refractivity contribution in [2.75, 3.05) is 25.0 Å². The smallest absolute Gasteiger partial charge is 0.239 e. The molecule has 1 amide bonds. The van der Waals surface area contributed by atoms with E-state index in [-0.39, 0.29) is 18.1 Å². The third kappa shape index (κ3) is 3.75. The molecule has 2 aromatic rings. The Morgan fingerprint density at radius 2 is 2.12 bits per heavy atom. The van der Waals surface area contributed by atoms with Gasteiger partial charge in [-0.05, 0) is 42.9 Å². The van der Waals surface area contributed by atoms with Gasteiger partial charge in [-0.3, -0.25) is 14.4 Å². The number of nitrogens with one attached hydrogen (secondary N) is 1. The molecule has 4 atom stereocenters. The number of aliphatic hydroxyl groups is 1. The quantitative estimate of drug-likeness (QED) is 0.851. The highest BCUT2D eigenvalue weighted by Crippen LogP contribution is 2.40. The number of halogens is 1. The number of amides is 1. The van der Waals surface area contributed by atoms with Gasteiger partial charge in [0.1, 0.15) is 5.82 Å². The van der Waals surface area contributed by atoms with Crippen LogP contribution in [-0.4, -0.2) is 56.4 Å². The van der Waals surface area contributed by atoms with Crippen LogP contribution >= 0.6 is 11.6 Å². The zero-order chi connectivity index (χ0) is 18.1. The number of carbonyl (C=O) groups is 1. The third-order valence-electron chi connectivity index (χ3n) is 5.41. The second kappa shape index (κ2) is 7.34. The monoisotopic (exact) mass is 375 g/mol. The minimum absolute atomic E-state index is 0.0262. The maximum atomic E-state index is 12.3. The van der Waals surface area contributed by atoms with Gasteiger partial charge in [0.2, 0.25) is 5.91 Å². The van der Waals surface area contributed by atoms with Crippen LogP contribution < -0.4 is 5.32 Å². The van der Waals surface area contributed by atoms with E-state index in [9.17, 15) is 9.90 Å². The van der Waals surface area contributed by atoms with Gasteiger partial charge in [-0.25, -0.2) is 4.98 Å². The molecular formula is C18H22ClN5O2. The topological polar surface area (TPSA) is 83.3 Å². The average Bonchev–Trinajstić information content (AvgIpc) is 3.25. The van der Waals surface area contributed by atoms with Gasteiger partial charge in [0, 0.05) is 31.7 Å². The lowest BCUT2D eigenvalue weighted by Gasteiger charge is -2.35. The zero-order valence-electron chi connectivity index (χ0n) is 14.3. The second-order valence-corrected chi connectivity index (χ2v) is 7.65. The number of pyridine rings is 1. The van der Waals surface area contributed by atoms with Crippen LogP contribution in [0.2, 0.25) is 5.02 Å². The van der Waals surface area contributed by atoms with Crippen molar-refractivity contribution < 1.29 is 9.90 Å². The Morgan fingerprint density at radius 3 is 2.81 bits per heavy atom. The van der Waals surface area contributed by atoms with E-state index in [1.54, 1.807) is 18.3 Å². The standard InChI is InChI=1S/C18H22ClN5O2/c19-14-2-3-17(20-8-14)22-18(26)11-23-9-12-6-15(24-5-1-4-21-24)16(25)7-13(12)10-23/h1-5,8,12-13,15-16,25H,6-7,9-11H2,(H,20,22,26)/t12-,13+,15-,16-/m1/s1. The molecule has 7 nitrogen and oxygen atoms in total. The van der Waals surface area contributed by atoms with E-state index in [0.29, 0.717) is 29.2 Å². The van der Waals surface area contributed by atoms with Gasteiger partial charge in [0.25, 0.3) is 0 Å². The first-order valence-electron chi connectivity index (χ1n) is 8.89. The molecule has 0 bridgehead atoms. The highest BCUT2D eigenvalue weighted by Gasteiger charge is 2.42. The third-order valence-corrected chi connectivity index (χ3v) is 5.64. The molecule has 2 aliphatic rings. The number of likely N-dealkylation sites (tertiary alicyclic amines) is 1. The van der Waals surface area contributed by atoms with Crippen LogP contribution in [0.25, 0.3) is 0 Å². The number of aromatic nitrogens is 3. The molecule has 2 N–H and O–H groups in total. The number of hydrogen-bond donors (Lipinski definition) is 2. The molecule has 8 heteroatoms. The largest absolute Gasteiger partial charge is 0.391 e. The summed E-state index contributed by atoms with van der Waals surface area (Å²) in [5.74, 6) is 1.33. The molecule has 4 rings (SSSR count). The normalized spacial score (nSPS) is 28.7. The average molecular weight is 376 g/mol. The summed E-state index contributed by atoms with van der Waals surface area (Å²) in [4.78, 5) is 18.5. The van der Waals surface area contributed by atoms with E-state index in [0.717, 1.165) is 25.9 Å². The van der Waals surface area contributed by atoms with Crippen LogP contribution in [0.3, 0.4) is 0 Å². The Kier molecular flexibility index (Phi) is 4.93. The number of fused-ring (bicyclic) bond motifs is 1. The fourth-order valence-electron chi connectivity index (χ4n) is 4.23. The molecule has 2 fully saturated rings. The molecule has 3 heterocycles. The van der Waals surface area contributed by atoms with Crippen molar-refractivity contribution in [3.05, 3.63) is 41.8 Å². The van der Waals surface area contributed by atoms with Crippen molar-refractivity contribution in [1.82, 2.24) is 19.7 Å². The molecule has 0 aromatic carbocycles. The second-order valence-electron chi connectivity index (χ2n) is 7.22. The van der Waals surface area contributed by atoms with Crippen LogP contribution in [0, 0.1) is 11.8 Å². The first-order chi connectivity index (χ1) is 12.6. The Hall–Kier alpha value is -1.96. The van der Waals surface area contributed by atoms with E-state index in [1.165, 1.54) is 6.20 Å². The van der Waals surface area contributed by atoms with Crippen LogP contribution in [0.1, 0.15) is 18.9 Å². The number of carbonyl (C=O) groups excluding carboxylic acids is 1. The first kappa shape index (κ1) is 17.5. The fraction of sp³-hybridized carbons (Fsp3) is 0.500. The summed E-state index contributed by atoms with van der Waals surface area (Å²) < 4.78 is 1.86. The number of hydrogen-bond acceptors (Lipinski definition) is 5. The summed E-state index contributed by atoms with van der Waals surface area (Å²) in [5.41, 5.74) is 0. The molecule has 0 spiro atoms. The lowest BCUT2D eigenvalue weighted by molar-refractivity contribution is -0.117. The Balaban J connectivity index is 1.33. The van der Waals surface area contributed by atoms with Crippen molar-refractivity contribution in [1.29, 1.82) is 0 Å². The lowest BCUT2D eigenvalue weighted by atomic mass is 9.77. The van der Waals surface area contributed by atoms with Gasteiger partial charge < -0.3 is 10.4 Å². The van der Waals surface area contributed by atoms with E-state index < -0.39 is 0 Å². The summed E-state index contributed by atoms with van der Waals surface area (Å²) in [6, 6.07) is 5.30. The Labute approximate surface area is 157 Å². The number of aliphatic hydroxyl groups excluding tert-OH is 1. The van der Waals surface area contributed by atoms with Gasteiger partial charge in [-0.15, -0.1) is 0 Å². The van der Waals surface area contributed by atoms with Gasteiger partial charge in [-0.2, -0.15) is 5.10 Å². The van der Waals surface area contributed by atoms with Gasteiger partial charge in [-0.1, -0.05) is 11.6 Å². The molecule has 0 unspecified atom stereocenters. The van der Waals surface area contributed by atoms with Gasteiger partial charge in [0.15, 0.2) is 0 Å². The van der Waals surface area contributed by atoms with E-state index in [2.05, 4.69) is 20.3 Å². The molecule has 1 saturated carbocycles. The summed E-state index contributed by atoms with van der Waals surface area (Å²) >= 11 is 5.81. The van der Waals surface area contributed by atoms with Crippen molar-refractivity contribution in [2.45, 2.75) is 25.0 Å². The molecule has 138 valence electrons. The minimum atomic E-state index is -0.386. The van der Waals surface area contributed by atoms with E-state index in [1.807, 2.05) is 16.9 Å². The molecule has 26 heavy (non-hydrogen) atoms. The maximum Gasteiger partial charge on any atom is 0.239 e. The highest BCUT2D eigenvalue weighted by atomic mass is 35.5. The first-order valence-corrected chi connectivity index (χ1v) is 9.27. The van der Waals surface area contributed by atoms with Crippen molar-refractivity contribution >= 4 is 23.3 Å². The Bertz CT molecular complexity index is 751. The fourth-order valence-corrected chi connectivity index (χ4v) is 4.34. The summed E-state index contributed by atoms with van der Waals surface area (Å²) in [6.45, 7) is 2.05. The van der Waals surface area contributed by atoms with Crippen molar-refractivity contribution in [2.24, 2.45) is 11.8 Å². The Morgan fingerprint density at radius 1 is 1.31 bits per heavy atom. The predicted molar refractivity (Wildman–Crippen MR) is 97.8 cm³/mol. The molecule has 1 aliphatic carbocycles. The highest BCUT2D eigenvalue weighted by molar-refractivity contribution is 6.30. The van der Waals surface area contributed by atoms with Crippen molar-refractivity contribution in [3.8, 4) is 0 Å². The van der Waals surface area contributed by atoms with Crippen LogP contribution in [0.4, 0.5) is 5.82 Å². The van der Waals surface area contributed by atoms with Crippen LogP contribution in [0.15, 0.2) is 36.8 Å². The summed E-state index contributed by atoms with van der Waals surface area (Å²) in [7, 11) is 0. The van der Waals surface area contributed by atoms with E-state index >= 15 is 0 Å². The lowest BCUT2D eigenvalue weighted by Crippen LogP contribution is -2.36. The molecule has 0 radical (unpaired) electrons. The molecular weight excluding hydrogens is 354 g/mol. The molecule has 1 aliphatic heterocycles. The van der Waals surface area contributed by atoms with Gasteiger partial charge >= 0.3 is 0 Å². The minimum Gasteiger partial charge on any atom is -0.391 e.